The molecule has 2 aromatic rings. The SMILES string of the molecule is CCc1[nH]nc(C(=O)NCc2cc3n(n2)CCN(C2CCCCC2)C3)c1C. The molecule has 0 unspecified atom stereocenters. The summed E-state index contributed by atoms with van der Waals surface area (Å²) < 4.78 is 2.11. The minimum atomic E-state index is -0.141. The monoisotopic (exact) mass is 370 g/mol. The fourth-order valence-electron chi connectivity index (χ4n) is 4.44. The fourth-order valence-corrected chi connectivity index (χ4v) is 4.44. The minimum absolute atomic E-state index is 0.141. The zero-order valence-electron chi connectivity index (χ0n) is 16.4. The van der Waals surface area contributed by atoms with Crippen LogP contribution in [0.4, 0.5) is 0 Å². The Morgan fingerprint density at radius 3 is 2.85 bits per heavy atom. The summed E-state index contributed by atoms with van der Waals surface area (Å²) in [5.74, 6) is -0.141. The van der Waals surface area contributed by atoms with Crippen LogP contribution >= 0.6 is 0 Å². The van der Waals surface area contributed by atoms with Crippen molar-refractivity contribution in [3.63, 3.8) is 0 Å². The van der Waals surface area contributed by atoms with Crippen molar-refractivity contribution in [2.45, 2.75) is 78.0 Å². The summed E-state index contributed by atoms with van der Waals surface area (Å²) in [6.45, 7) is 7.43. The van der Waals surface area contributed by atoms with Crippen molar-refractivity contribution >= 4 is 5.91 Å². The van der Waals surface area contributed by atoms with E-state index in [9.17, 15) is 4.79 Å². The number of nitrogens with zero attached hydrogens (tertiary/aromatic N) is 4. The van der Waals surface area contributed by atoms with E-state index in [-0.39, 0.29) is 5.91 Å². The molecule has 27 heavy (non-hydrogen) atoms. The van der Waals surface area contributed by atoms with E-state index in [0.717, 1.165) is 49.0 Å². The standard InChI is InChI=1S/C20H30N6O/c1-3-18-14(2)19(23-22-18)20(27)21-12-15-11-17-13-25(9-10-26(17)24-15)16-7-5-4-6-8-16/h11,16H,3-10,12-13H2,1-2H3,(H,21,27)(H,22,23). The Morgan fingerprint density at radius 1 is 1.30 bits per heavy atom. The highest BCUT2D eigenvalue weighted by Gasteiger charge is 2.26. The summed E-state index contributed by atoms with van der Waals surface area (Å²) in [7, 11) is 0. The van der Waals surface area contributed by atoms with Gasteiger partial charge < -0.3 is 5.32 Å². The third-order valence-corrected chi connectivity index (χ3v) is 6.08. The van der Waals surface area contributed by atoms with Crippen LogP contribution in [-0.2, 0) is 26.1 Å². The molecule has 1 fully saturated rings. The first-order valence-electron chi connectivity index (χ1n) is 10.3. The quantitative estimate of drug-likeness (QED) is 0.848. The molecule has 1 aliphatic carbocycles. The number of amides is 1. The second kappa shape index (κ2) is 7.84. The minimum Gasteiger partial charge on any atom is -0.345 e. The van der Waals surface area contributed by atoms with Crippen LogP contribution in [0, 0.1) is 6.92 Å². The molecule has 1 amide bonds. The molecule has 2 aliphatic rings. The average molecular weight is 371 g/mol. The highest BCUT2D eigenvalue weighted by atomic mass is 16.1. The Morgan fingerprint density at radius 2 is 2.11 bits per heavy atom. The number of aromatic nitrogens is 4. The van der Waals surface area contributed by atoms with Crippen molar-refractivity contribution in [3.05, 3.63) is 34.4 Å². The van der Waals surface area contributed by atoms with Gasteiger partial charge in [-0.25, -0.2) is 0 Å². The Bertz CT molecular complexity index is 801. The predicted octanol–water partition coefficient (Wildman–Crippen LogP) is 2.56. The third-order valence-electron chi connectivity index (χ3n) is 6.08. The second-order valence-electron chi connectivity index (χ2n) is 7.82. The van der Waals surface area contributed by atoms with Crippen LogP contribution in [0.25, 0.3) is 0 Å². The van der Waals surface area contributed by atoms with Crippen LogP contribution in [0.2, 0.25) is 0 Å². The van der Waals surface area contributed by atoms with Crippen LogP contribution in [0.5, 0.6) is 0 Å². The van der Waals surface area contributed by atoms with Crippen LogP contribution in [0.1, 0.15) is 72.2 Å². The van der Waals surface area contributed by atoms with Crippen LogP contribution in [0.15, 0.2) is 6.07 Å². The molecule has 146 valence electrons. The summed E-state index contributed by atoms with van der Waals surface area (Å²) in [6, 6.07) is 2.88. The van der Waals surface area contributed by atoms with E-state index in [1.807, 2.05) is 6.92 Å². The average Bonchev–Trinajstić information content (AvgIpc) is 3.28. The van der Waals surface area contributed by atoms with Crippen LogP contribution < -0.4 is 5.32 Å². The van der Waals surface area contributed by atoms with Crippen molar-refractivity contribution in [2.24, 2.45) is 0 Å². The lowest BCUT2D eigenvalue weighted by Gasteiger charge is -2.36. The lowest BCUT2D eigenvalue weighted by Crippen LogP contribution is -2.42. The molecule has 0 aromatic carbocycles. The molecule has 0 spiro atoms. The van der Waals surface area contributed by atoms with E-state index in [2.05, 4.69) is 43.2 Å². The molecule has 1 aliphatic heterocycles. The van der Waals surface area contributed by atoms with E-state index >= 15 is 0 Å². The van der Waals surface area contributed by atoms with Crippen molar-refractivity contribution in [3.8, 4) is 0 Å². The molecular formula is C20H30N6O. The first kappa shape index (κ1) is 18.2. The topological polar surface area (TPSA) is 78.8 Å². The number of carbonyl (C=O) groups is 1. The molecule has 2 aromatic heterocycles. The van der Waals surface area contributed by atoms with Crippen molar-refractivity contribution < 1.29 is 4.79 Å². The maximum absolute atomic E-state index is 12.4. The summed E-state index contributed by atoms with van der Waals surface area (Å²) in [5.41, 5.74) is 4.62. The maximum atomic E-state index is 12.4. The second-order valence-corrected chi connectivity index (χ2v) is 7.82. The summed E-state index contributed by atoms with van der Waals surface area (Å²) in [5, 5.41) is 14.8. The molecule has 3 heterocycles. The predicted molar refractivity (Wildman–Crippen MR) is 103 cm³/mol. The Hall–Kier alpha value is -2.15. The molecule has 2 N–H and O–H groups in total. The summed E-state index contributed by atoms with van der Waals surface area (Å²) in [4.78, 5) is 15.1. The summed E-state index contributed by atoms with van der Waals surface area (Å²) >= 11 is 0. The molecule has 7 nitrogen and oxygen atoms in total. The van der Waals surface area contributed by atoms with Gasteiger partial charge in [0.15, 0.2) is 5.69 Å². The van der Waals surface area contributed by atoms with Gasteiger partial charge in [-0.2, -0.15) is 10.2 Å². The van der Waals surface area contributed by atoms with E-state index in [1.54, 1.807) is 0 Å². The van der Waals surface area contributed by atoms with Crippen LogP contribution in [0.3, 0.4) is 0 Å². The number of carbonyl (C=O) groups excluding carboxylic acids is 1. The van der Waals surface area contributed by atoms with Gasteiger partial charge in [0.2, 0.25) is 0 Å². The molecule has 0 radical (unpaired) electrons. The number of nitrogens with one attached hydrogen (secondary N) is 2. The van der Waals surface area contributed by atoms with Gasteiger partial charge in [-0.15, -0.1) is 0 Å². The zero-order chi connectivity index (χ0) is 18.8. The van der Waals surface area contributed by atoms with Gasteiger partial charge in [0.05, 0.1) is 24.5 Å². The fraction of sp³-hybridized carbons (Fsp3) is 0.650. The van der Waals surface area contributed by atoms with Gasteiger partial charge in [0.25, 0.3) is 5.91 Å². The van der Waals surface area contributed by atoms with E-state index < -0.39 is 0 Å². The molecular weight excluding hydrogens is 340 g/mol. The van der Waals surface area contributed by atoms with Gasteiger partial charge >= 0.3 is 0 Å². The van der Waals surface area contributed by atoms with Gasteiger partial charge in [0.1, 0.15) is 0 Å². The number of fused-ring (bicyclic) bond motifs is 1. The van der Waals surface area contributed by atoms with Gasteiger partial charge in [0, 0.05) is 30.4 Å². The maximum Gasteiger partial charge on any atom is 0.272 e. The number of hydrogen-bond donors (Lipinski definition) is 2. The highest BCUT2D eigenvalue weighted by molar-refractivity contribution is 5.93. The van der Waals surface area contributed by atoms with Gasteiger partial charge in [-0.1, -0.05) is 26.2 Å². The Kier molecular flexibility index (Phi) is 5.29. The normalized spacial score (nSPS) is 18.4. The summed E-state index contributed by atoms with van der Waals surface area (Å²) in [6.07, 6.45) is 7.63. The van der Waals surface area contributed by atoms with Gasteiger partial charge in [-0.3, -0.25) is 19.5 Å². The van der Waals surface area contributed by atoms with Crippen LogP contribution in [-0.4, -0.2) is 43.4 Å². The Labute approximate surface area is 160 Å². The highest BCUT2D eigenvalue weighted by Crippen LogP contribution is 2.26. The third kappa shape index (κ3) is 3.78. The smallest absolute Gasteiger partial charge is 0.272 e. The number of aryl methyl sites for hydroxylation is 1. The lowest BCUT2D eigenvalue weighted by atomic mass is 9.94. The molecule has 4 rings (SSSR count). The van der Waals surface area contributed by atoms with Crippen molar-refractivity contribution in [2.75, 3.05) is 6.54 Å². The first-order chi connectivity index (χ1) is 13.2. The Balaban J connectivity index is 1.36. The molecule has 1 saturated carbocycles. The van der Waals surface area contributed by atoms with E-state index in [1.165, 1.54) is 37.8 Å². The molecule has 0 bridgehead atoms. The first-order valence-corrected chi connectivity index (χ1v) is 10.3. The zero-order valence-corrected chi connectivity index (χ0v) is 16.4. The number of aromatic amines is 1. The lowest BCUT2D eigenvalue weighted by molar-refractivity contribution is 0.0944. The molecule has 7 heteroatoms. The van der Waals surface area contributed by atoms with E-state index in [4.69, 9.17) is 0 Å². The largest absolute Gasteiger partial charge is 0.345 e. The number of rotatable bonds is 5. The van der Waals surface area contributed by atoms with Crippen molar-refractivity contribution in [1.82, 2.24) is 30.2 Å². The molecule has 0 atom stereocenters. The molecule has 0 saturated heterocycles. The number of hydrogen-bond acceptors (Lipinski definition) is 4. The van der Waals surface area contributed by atoms with Gasteiger partial charge in [-0.05, 0) is 32.3 Å². The van der Waals surface area contributed by atoms with Crippen molar-refractivity contribution in [1.29, 1.82) is 0 Å². The number of H-pyrrole nitrogens is 1. The van der Waals surface area contributed by atoms with E-state index in [0.29, 0.717) is 12.2 Å².